The van der Waals surface area contributed by atoms with Gasteiger partial charge in [-0.2, -0.15) is 0 Å². The van der Waals surface area contributed by atoms with Crippen LogP contribution in [0.4, 0.5) is 0 Å². The largest absolute Gasteiger partial charge is 0.480 e. The lowest BCUT2D eigenvalue weighted by Crippen LogP contribution is -2.47. The SMILES string of the molecule is CC(C)(C)OC(=O)CN(CCN(CCN(CCN(CC(=O)OC(C)(C)C)CC(=O)OC(C)(C)C)CC(=O)O)CC(=O)O)CC(=O)OC(C)(C)C. The number of nitrogens with zero attached hydrogens (tertiary/aromatic N) is 4. The Hall–Kier alpha value is -3.34. The van der Waals surface area contributed by atoms with E-state index < -0.39 is 71.3 Å². The Balaban J connectivity index is 5.84. The molecule has 0 saturated heterocycles. The maximum Gasteiger partial charge on any atom is 0.320 e. The molecule has 16 nitrogen and oxygen atoms in total. The van der Waals surface area contributed by atoms with Gasteiger partial charge < -0.3 is 29.2 Å². The summed E-state index contributed by atoms with van der Waals surface area (Å²) in [7, 11) is 0. The fraction of sp³-hybridized carbons (Fsp3) is 0.824. The van der Waals surface area contributed by atoms with Gasteiger partial charge in [0.1, 0.15) is 22.4 Å². The van der Waals surface area contributed by atoms with E-state index in [-0.39, 0.29) is 65.4 Å². The highest BCUT2D eigenvalue weighted by molar-refractivity contribution is 5.76. The van der Waals surface area contributed by atoms with Gasteiger partial charge in [-0.05, 0) is 83.1 Å². The van der Waals surface area contributed by atoms with Crippen molar-refractivity contribution in [3.8, 4) is 0 Å². The topological polar surface area (TPSA) is 193 Å². The van der Waals surface area contributed by atoms with E-state index >= 15 is 0 Å². The molecule has 0 aliphatic rings. The third-order valence-electron chi connectivity index (χ3n) is 6.01. The zero-order valence-electron chi connectivity index (χ0n) is 32.3. The summed E-state index contributed by atoms with van der Waals surface area (Å²) in [5, 5.41) is 19.2. The van der Waals surface area contributed by atoms with Crippen LogP contribution in [0.25, 0.3) is 0 Å². The maximum absolute atomic E-state index is 12.6. The summed E-state index contributed by atoms with van der Waals surface area (Å²) in [6, 6.07) is 0. The van der Waals surface area contributed by atoms with Crippen LogP contribution < -0.4 is 0 Å². The Morgan fingerprint density at radius 1 is 0.360 bits per heavy atom. The summed E-state index contributed by atoms with van der Waals surface area (Å²) in [5.41, 5.74) is -3.03. The first kappa shape index (κ1) is 46.7. The number of aliphatic carboxylic acids is 2. The molecule has 0 aromatic rings. The van der Waals surface area contributed by atoms with Gasteiger partial charge in [-0.3, -0.25) is 48.4 Å². The van der Waals surface area contributed by atoms with Crippen LogP contribution in [0.1, 0.15) is 83.1 Å². The predicted octanol–water partition coefficient (Wildman–Crippen LogP) is 1.73. The molecule has 0 heterocycles. The highest BCUT2D eigenvalue weighted by Gasteiger charge is 2.26. The van der Waals surface area contributed by atoms with Crippen LogP contribution in [0.3, 0.4) is 0 Å². The van der Waals surface area contributed by atoms with Crippen molar-refractivity contribution in [1.82, 2.24) is 19.6 Å². The van der Waals surface area contributed by atoms with E-state index in [9.17, 15) is 39.0 Å². The molecule has 16 heteroatoms. The van der Waals surface area contributed by atoms with Crippen LogP contribution in [-0.4, -0.2) is 167 Å². The molecule has 0 fully saturated rings. The number of carboxylic acid groups (broad SMARTS) is 2. The van der Waals surface area contributed by atoms with Crippen molar-refractivity contribution in [2.75, 3.05) is 78.5 Å². The van der Waals surface area contributed by atoms with E-state index in [1.54, 1.807) is 92.9 Å². The first-order valence-corrected chi connectivity index (χ1v) is 16.7. The molecule has 0 aliphatic heterocycles. The molecule has 0 spiro atoms. The van der Waals surface area contributed by atoms with Gasteiger partial charge in [-0.25, -0.2) is 0 Å². The van der Waals surface area contributed by atoms with Crippen LogP contribution in [0.15, 0.2) is 0 Å². The van der Waals surface area contributed by atoms with Crippen LogP contribution >= 0.6 is 0 Å². The maximum atomic E-state index is 12.6. The van der Waals surface area contributed by atoms with Crippen LogP contribution in [-0.2, 0) is 47.7 Å². The molecule has 0 aliphatic carbocycles. The van der Waals surface area contributed by atoms with E-state index in [2.05, 4.69) is 0 Å². The minimum Gasteiger partial charge on any atom is -0.480 e. The molecule has 0 aromatic heterocycles. The molecule has 0 aromatic carbocycles. The van der Waals surface area contributed by atoms with Crippen molar-refractivity contribution < 1.29 is 57.9 Å². The number of hydrogen-bond acceptors (Lipinski definition) is 14. The Kier molecular flexibility index (Phi) is 19.1. The number of carbonyl (C=O) groups is 6. The first-order valence-electron chi connectivity index (χ1n) is 16.7. The monoisotopic (exact) mass is 718 g/mol. The van der Waals surface area contributed by atoms with Crippen LogP contribution in [0.5, 0.6) is 0 Å². The van der Waals surface area contributed by atoms with Crippen molar-refractivity contribution in [2.24, 2.45) is 0 Å². The van der Waals surface area contributed by atoms with Crippen LogP contribution in [0, 0.1) is 0 Å². The zero-order valence-corrected chi connectivity index (χ0v) is 32.3. The smallest absolute Gasteiger partial charge is 0.320 e. The highest BCUT2D eigenvalue weighted by Crippen LogP contribution is 2.12. The van der Waals surface area contributed by atoms with E-state index in [4.69, 9.17) is 18.9 Å². The lowest BCUT2D eigenvalue weighted by atomic mass is 10.2. The second kappa shape index (κ2) is 20.5. The van der Waals surface area contributed by atoms with E-state index in [0.29, 0.717) is 0 Å². The number of rotatable bonds is 21. The van der Waals surface area contributed by atoms with Crippen molar-refractivity contribution in [2.45, 2.75) is 105 Å². The van der Waals surface area contributed by atoms with Gasteiger partial charge in [0.15, 0.2) is 0 Å². The molecule has 2 N–H and O–H groups in total. The van der Waals surface area contributed by atoms with Crippen LogP contribution in [0.2, 0.25) is 0 Å². The Morgan fingerprint density at radius 2 is 0.540 bits per heavy atom. The minimum absolute atomic E-state index is 0.101. The Morgan fingerprint density at radius 3 is 0.700 bits per heavy atom. The average Bonchev–Trinajstić information content (AvgIpc) is 2.82. The van der Waals surface area contributed by atoms with Gasteiger partial charge in [0.25, 0.3) is 0 Å². The summed E-state index contributed by atoms with van der Waals surface area (Å²) in [5.74, 6) is -4.52. The van der Waals surface area contributed by atoms with Gasteiger partial charge in [0, 0.05) is 39.3 Å². The number of esters is 4. The molecule has 0 unspecified atom stereocenters. The number of carboxylic acids is 2. The molecule has 0 amide bonds. The fourth-order valence-corrected chi connectivity index (χ4v) is 4.42. The summed E-state index contributed by atoms with van der Waals surface area (Å²) in [6.07, 6.45) is 0. The third kappa shape index (κ3) is 27.5. The standard InChI is InChI=1S/C34H62N4O12/c1-31(2,3)47-27(43)21-37(22-28(44)48-32(4,5)6)17-15-35(19-25(39)40)13-14-36(20-26(41)42)16-18-38(23-29(45)49-33(7,8)9)24-30(46)50-34(10,11)12/h13-24H2,1-12H3,(H,39,40)(H,41,42). The van der Waals surface area contributed by atoms with Gasteiger partial charge >= 0.3 is 35.8 Å². The molecule has 0 radical (unpaired) electrons. The predicted molar refractivity (Wildman–Crippen MR) is 184 cm³/mol. The molecule has 290 valence electrons. The molecule has 0 atom stereocenters. The summed E-state index contributed by atoms with van der Waals surface area (Å²) >= 11 is 0. The van der Waals surface area contributed by atoms with Gasteiger partial charge in [0.2, 0.25) is 0 Å². The zero-order chi connectivity index (χ0) is 39.1. The summed E-state index contributed by atoms with van der Waals surface area (Å²) in [4.78, 5) is 80.2. The van der Waals surface area contributed by atoms with E-state index in [1.165, 1.54) is 9.80 Å². The number of ether oxygens (including phenoxy) is 4. The number of carbonyl (C=O) groups excluding carboxylic acids is 4. The Bertz CT molecular complexity index is 985. The third-order valence-corrected chi connectivity index (χ3v) is 6.01. The molecular weight excluding hydrogens is 656 g/mol. The average molecular weight is 719 g/mol. The first-order chi connectivity index (χ1) is 22.5. The van der Waals surface area contributed by atoms with Crippen molar-refractivity contribution in [1.29, 1.82) is 0 Å². The van der Waals surface area contributed by atoms with E-state index in [1.807, 2.05) is 0 Å². The quantitative estimate of drug-likeness (QED) is 0.129. The van der Waals surface area contributed by atoms with Gasteiger partial charge in [-0.15, -0.1) is 0 Å². The molecule has 50 heavy (non-hydrogen) atoms. The Labute approximate surface area is 297 Å². The lowest BCUT2D eigenvalue weighted by molar-refractivity contribution is -0.162. The molecular formula is C34H62N4O12. The molecule has 0 bridgehead atoms. The minimum atomic E-state index is -1.12. The molecule has 0 rings (SSSR count). The van der Waals surface area contributed by atoms with Gasteiger partial charge in [-0.1, -0.05) is 0 Å². The van der Waals surface area contributed by atoms with Crippen molar-refractivity contribution in [3.05, 3.63) is 0 Å². The second-order valence-corrected chi connectivity index (χ2v) is 16.1. The van der Waals surface area contributed by atoms with Crippen molar-refractivity contribution >= 4 is 35.8 Å². The lowest BCUT2D eigenvalue weighted by Gasteiger charge is -2.31. The normalized spacial score (nSPS) is 12.7. The number of hydrogen-bond donors (Lipinski definition) is 2. The highest BCUT2D eigenvalue weighted by atomic mass is 16.6. The summed E-state index contributed by atoms with van der Waals surface area (Å²) < 4.78 is 21.7. The summed E-state index contributed by atoms with van der Waals surface area (Å²) in [6.45, 7) is 19.5. The fourth-order valence-electron chi connectivity index (χ4n) is 4.42. The van der Waals surface area contributed by atoms with Gasteiger partial charge in [0.05, 0.1) is 39.3 Å². The molecule has 0 saturated carbocycles. The van der Waals surface area contributed by atoms with Crippen molar-refractivity contribution in [3.63, 3.8) is 0 Å². The van der Waals surface area contributed by atoms with E-state index in [0.717, 1.165) is 0 Å². The second-order valence-electron chi connectivity index (χ2n) is 16.1.